The lowest BCUT2D eigenvalue weighted by atomic mass is 9.78. The number of allylic oxidation sites excluding steroid dienone is 1. The van der Waals surface area contributed by atoms with Crippen molar-refractivity contribution in [1.82, 2.24) is 5.32 Å². The first-order valence-electron chi connectivity index (χ1n) is 9.72. The van der Waals surface area contributed by atoms with E-state index >= 15 is 0 Å². The number of hydrogen-bond donors (Lipinski definition) is 2. The zero-order valence-electron chi connectivity index (χ0n) is 17.6. The number of nitrogens with zero attached hydrogens (tertiary/aromatic N) is 1. The largest absolute Gasteiger partial charge is 0.468 e. The van der Waals surface area contributed by atoms with Gasteiger partial charge < -0.3 is 15.4 Å². The van der Waals surface area contributed by atoms with E-state index in [1.54, 1.807) is 42.5 Å². The molecular weight excluding hydrogens is 530 g/mol. The highest BCUT2D eigenvalue weighted by Gasteiger charge is 2.44. The van der Waals surface area contributed by atoms with Crippen LogP contribution in [0.15, 0.2) is 57.5 Å². The molecule has 33 heavy (non-hydrogen) atoms. The maximum absolute atomic E-state index is 12.9. The van der Waals surface area contributed by atoms with Crippen molar-refractivity contribution in [3.05, 3.63) is 73.7 Å². The lowest BCUT2D eigenvalue weighted by Gasteiger charge is -2.31. The molecule has 2 aromatic rings. The summed E-state index contributed by atoms with van der Waals surface area (Å²) in [5.41, 5.74) is 2.20. The molecule has 0 bridgehead atoms. The van der Waals surface area contributed by atoms with Crippen LogP contribution in [0.5, 0.6) is 0 Å². The summed E-state index contributed by atoms with van der Waals surface area (Å²) in [5, 5.41) is 16.0. The van der Waals surface area contributed by atoms with Crippen LogP contribution < -0.4 is 10.6 Å². The van der Waals surface area contributed by atoms with Crippen molar-refractivity contribution in [3.8, 4) is 6.07 Å². The third-order valence-electron chi connectivity index (χ3n) is 5.01. The van der Waals surface area contributed by atoms with Crippen molar-refractivity contribution in [2.24, 2.45) is 5.92 Å². The van der Waals surface area contributed by atoms with Gasteiger partial charge in [-0.05, 0) is 42.3 Å². The number of hydrogen-bond acceptors (Lipinski definition) is 6. The molecule has 0 saturated carbocycles. The molecule has 2 aromatic carbocycles. The maximum Gasteiger partial charge on any atom is 0.319 e. The van der Waals surface area contributed by atoms with E-state index in [4.69, 9.17) is 16.3 Å². The number of amides is 2. The summed E-state index contributed by atoms with van der Waals surface area (Å²) < 4.78 is 5.56. The number of aryl methyl sites for hydroxylation is 1. The van der Waals surface area contributed by atoms with Crippen LogP contribution in [0, 0.1) is 24.2 Å². The van der Waals surface area contributed by atoms with Crippen molar-refractivity contribution in [2.75, 3.05) is 18.2 Å². The molecule has 0 unspecified atom stereocenters. The number of rotatable bonds is 6. The minimum atomic E-state index is -1.23. The van der Waals surface area contributed by atoms with Gasteiger partial charge in [0.2, 0.25) is 11.8 Å². The lowest BCUT2D eigenvalue weighted by Crippen LogP contribution is -2.44. The third-order valence-corrected chi connectivity index (χ3v) is 6.76. The van der Waals surface area contributed by atoms with Crippen molar-refractivity contribution >= 4 is 62.8 Å². The van der Waals surface area contributed by atoms with Gasteiger partial charge in [0.25, 0.3) is 0 Å². The fraction of sp³-hybridized carbons (Fsp3) is 0.217. The van der Waals surface area contributed by atoms with Crippen LogP contribution in [0.3, 0.4) is 0 Å². The zero-order chi connectivity index (χ0) is 24.1. The Labute approximate surface area is 208 Å². The van der Waals surface area contributed by atoms with E-state index in [9.17, 15) is 19.6 Å². The molecule has 10 heteroatoms. The van der Waals surface area contributed by atoms with Crippen LogP contribution in [0.4, 0.5) is 5.69 Å². The molecule has 0 radical (unpaired) electrons. The van der Waals surface area contributed by atoms with Crippen LogP contribution in [-0.4, -0.2) is 30.6 Å². The quantitative estimate of drug-likeness (QED) is 0.406. The summed E-state index contributed by atoms with van der Waals surface area (Å²) in [4.78, 5) is 37.8. The van der Waals surface area contributed by atoms with Gasteiger partial charge in [-0.15, -0.1) is 0 Å². The standard InChI is InChI=1S/C23H19BrClN3O4S/c1-12-6-7-15(25)9-17(12)27-18(29)11-33-22-16(10-26)19(13-4-3-5-14(24)8-13)20(21(30)28-22)23(31)32-2/h3-9,19-20H,11H2,1-2H3,(H,27,29)(H,28,30)/t19-,20-/m0/s1. The van der Waals surface area contributed by atoms with Gasteiger partial charge in [-0.25, -0.2) is 0 Å². The van der Waals surface area contributed by atoms with Crippen LogP contribution in [0.25, 0.3) is 0 Å². The van der Waals surface area contributed by atoms with E-state index in [1.807, 2.05) is 6.92 Å². The highest BCUT2D eigenvalue weighted by molar-refractivity contribution is 9.10. The Morgan fingerprint density at radius 2 is 2.06 bits per heavy atom. The number of anilines is 1. The predicted octanol–water partition coefficient (Wildman–Crippen LogP) is 4.52. The van der Waals surface area contributed by atoms with E-state index in [-0.39, 0.29) is 22.3 Å². The Morgan fingerprint density at radius 3 is 2.73 bits per heavy atom. The molecule has 2 atom stereocenters. The Bertz CT molecular complexity index is 1190. The molecule has 2 amide bonds. The van der Waals surface area contributed by atoms with Gasteiger partial charge in [-0.3, -0.25) is 14.4 Å². The third kappa shape index (κ3) is 5.77. The second kappa shape index (κ2) is 10.9. The molecule has 0 aromatic heterocycles. The topological polar surface area (TPSA) is 108 Å². The van der Waals surface area contributed by atoms with Gasteiger partial charge in [0.1, 0.15) is 5.92 Å². The van der Waals surface area contributed by atoms with Gasteiger partial charge in [0.05, 0.1) is 29.5 Å². The summed E-state index contributed by atoms with van der Waals surface area (Å²) in [7, 11) is 1.19. The van der Waals surface area contributed by atoms with Gasteiger partial charge in [0, 0.05) is 21.1 Å². The first kappa shape index (κ1) is 24.8. The molecule has 1 aliphatic rings. The summed E-state index contributed by atoms with van der Waals surface area (Å²) in [5.74, 6) is -3.83. The Morgan fingerprint density at radius 1 is 1.30 bits per heavy atom. The fourth-order valence-electron chi connectivity index (χ4n) is 3.43. The highest BCUT2D eigenvalue weighted by atomic mass is 79.9. The molecule has 7 nitrogen and oxygen atoms in total. The number of esters is 1. The number of carbonyl (C=O) groups is 3. The molecule has 3 rings (SSSR count). The van der Waals surface area contributed by atoms with Crippen LogP contribution >= 0.6 is 39.3 Å². The second-order valence-electron chi connectivity index (χ2n) is 7.17. The average Bonchev–Trinajstić information content (AvgIpc) is 2.79. The number of ether oxygens (including phenoxy) is 1. The highest BCUT2D eigenvalue weighted by Crippen LogP contribution is 2.40. The van der Waals surface area contributed by atoms with Crippen LogP contribution in [0.2, 0.25) is 5.02 Å². The van der Waals surface area contributed by atoms with E-state index in [0.29, 0.717) is 16.3 Å². The summed E-state index contributed by atoms with van der Waals surface area (Å²) >= 11 is 10.4. The van der Waals surface area contributed by atoms with E-state index < -0.39 is 23.7 Å². The maximum atomic E-state index is 12.9. The minimum Gasteiger partial charge on any atom is -0.468 e. The van der Waals surface area contributed by atoms with Gasteiger partial charge >= 0.3 is 5.97 Å². The molecule has 0 fully saturated rings. The van der Waals surface area contributed by atoms with Crippen LogP contribution in [0.1, 0.15) is 17.0 Å². The molecule has 170 valence electrons. The summed E-state index contributed by atoms with van der Waals surface area (Å²) in [6.07, 6.45) is 0. The van der Waals surface area contributed by atoms with Crippen molar-refractivity contribution < 1.29 is 19.1 Å². The number of carbonyl (C=O) groups excluding carboxylic acids is 3. The molecule has 1 aliphatic heterocycles. The van der Waals surface area contributed by atoms with Gasteiger partial charge in [-0.2, -0.15) is 5.26 Å². The van der Waals surface area contributed by atoms with Crippen molar-refractivity contribution in [2.45, 2.75) is 12.8 Å². The molecule has 1 heterocycles. The monoisotopic (exact) mass is 547 g/mol. The number of halogens is 2. The van der Waals surface area contributed by atoms with Gasteiger partial charge in [-0.1, -0.05) is 57.5 Å². The van der Waals surface area contributed by atoms with Gasteiger partial charge in [0.15, 0.2) is 0 Å². The SMILES string of the molecule is COC(=O)[C@@H]1C(=O)NC(SCC(=O)Nc2cc(Cl)ccc2C)=C(C#N)[C@@H]1c1cccc(Br)c1. The summed E-state index contributed by atoms with van der Waals surface area (Å²) in [6.45, 7) is 1.84. The number of benzene rings is 2. The Kier molecular flexibility index (Phi) is 8.19. The summed E-state index contributed by atoms with van der Waals surface area (Å²) in [6, 6.07) is 14.3. The molecule has 0 saturated heterocycles. The number of thioether (sulfide) groups is 1. The Balaban J connectivity index is 1.90. The zero-order valence-corrected chi connectivity index (χ0v) is 20.8. The number of methoxy groups -OCH3 is 1. The predicted molar refractivity (Wildman–Crippen MR) is 130 cm³/mol. The van der Waals surface area contributed by atoms with Crippen LogP contribution in [-0.2, 0) is 19.1 Å². The first-order valence-corrected chi connectivity index (χ1v) is 11.9. The smallest absolute Gasteiger partial charge is 0.319 e. The van der Waals surface area contributed by atoms with E-state index in [1.165, 1.54) is 7.11 Å². The van der Waals surface area contributed by atoms with E-state index in [0.717, 1.165) is 21.8 Å². The molecule has 2 N–H and O–H groups in total. The minimum absolute atomic E-state index is 0.0686. The molecule has 0 aliphatic carbocycles. The first-order chi connectivity index (χ1) is 15.7. The Hall–Kier alpha value is -2.80. The normalized spacial score (nSPS) is 17.7. The molecular formula is C23H19BrClN3O4S. The average molecular weight is 549 g/mol. The second-order valence-corrected chi connectivity index (χ2v) is 9.51. The van der Waals surface area contributed by atoms with Crippen molar-refractivity contribution in [3.63, 3.8) is 0 Å². The molecule has 0 spiro atoms. The fourth-order valence-corrected chi connectivity index (χ4v) is 4.87. The van der Waals surface area contributed by atoms with Crippen molar-refractivity contribution in [1.29, 1.82) is 5.26 Å². The van der Waals surface area contributed by atoms with E-state index in [2.05, 4.69) is 32.6 Å². The number of nitriles is 1. The lowest BCUT2D eigenvalue weighted by molar-refractivity contribution is -0.150. The number of nitrogens with one attached hydrogen (secondary N) is 2.